The maximum atomic E-state index is 12.3. The first-order valence-corrected chi connectivity index (χ1v) is 11.1. The zero-order chi connectivity index (χ0) is 21.8. The standard InChI is InChI=1S/C19H16Cl4N4O2S/c1-10-5-11(20)3-4-16(10)29-8-17-25-26-19(27(17)2)30-9-18(28)24-15-7-13(22)12(21)6-14(15)23/h3-7H,8-9H2,1-2H3,(H,24,28). The van der Waals surface area contributed by atoms with Crippen LogP contribution in [-0.4, -0.2) is 26.4 Å². The minimum absolute atomic E-state index is 0.111. The van der Waals surface area contributed by atoms with Crippen LogP contribution in [0.2, 0.25) is 20.1 Å². The van der Waals surface area contributed by atoms with Gasteiger partial charge in [-0.2, -0.15) is 0 Å². The zero-order valence-corrected chi connectivity index (χ0v) is 19.7. The number of hydrogen-bond acceptors (Lipinski definition) is 5. The molecule has 0 aliphatic heterocycles. The van der Waals surface area contributed by atoms with Gasteiger partial charge in [-0.3, -0.25) is 4.79 Å². The van der Waals surface area contributed by atoms with Gasteiger partial charge in [0.1, 0.15) is 12.4 Å². The first-order chi connectivity index (χ1) is 14.2. The van der Waals surface area contributed by atoms with Gasteiger partial charge in [0.15, 0.2) is 11.0 Å². The Hall–Kier alpha value is -1.64. The van der Waals surface area contributed by atoms with Crippen LogP contribution >= 0.6 is 58.2 Å². The normalized spacial score (nSPS) is 10.9. The molecule has 0 radical (unpaired) electrons. The molecule has 0 spiro atoms. The molecule has 0 unspecified atom stereocenters. The third-order valence-corrected chi connectivity index (χ3v) is 6.33. The molecule has 1 N–H and O–H groups in total. The number of aryl methyl sites for hydroxylation is 1. The van der Waals surface area contributed by atoms with E-state index in [1.54, 1.807) is 10.6 Å². The highest BCUT2D eigenvalue weighted by Crippen LogP contribution is 2.32. The Kier molecular flexibility index (Phi) is 7.76. The number of nitrogens with zero attached hydrogens (tertiary/aromatic N) is 3. The number of halogens is 4. The summed E-state index contributed by atoms with van der Waals surface area (Å²) in [5, 5.41) is 13.1. The van der Waals surface area contributed by atoms with Crippen molar-refractivity contribution in [3.05, 3.63) is 61.8 Å². The molecule has 30 heavy (non-hydrogen) atoms. The highest BCUT2D eigenvalue weighted by molar-refractivity contribution is 7.99. The van der Waals surface area contributed by atoms with Crippen molar-refractivity contribution < 1.29 is 9.53 Å². The molecule has 0 fully saturated rings. The number of aromatic nitrogens is 3. The lowest BCUT2D eigenvalue weighted by Crippen LogP contribution is -2.15. The largest absolute Gasteiger partial charge is 0.485 e. The first-order valence-electron chi connectivity index (χ1n) is 8.59. The molecule has 0 saturated carbocycles. The van der Waals surface area contributed by atoms with Crippen LogP contribution in [0.5, 0.6) is 5.75 Å². The van der Waals surface area contributed by atoms with Gasteiger partial charge in [-0.05, 0) is 42.8 Å². The summed E-state index contributed by atoms with van der Waals surface area (Å²) in [7, 11) is 1.81. The van der Waals surface area contributed by atoms with E-state index in [1.165, 1.54) is 23.9 Å². The van der Waals surface area contributed by atoms with Crippen LogP contribution in [0.3, 0.4) is 0 Å². The van der Waals surface area contributed by atoms with Gasteiger partial charge in [0.05, 0.1) is 26.5 Å². The lowest BCUT2D eigenvalue weighted by atomic mass is 10.2. The second-order valence-electron chi connectivity index (χ2n) is 6.24. The Bertz CT molecular complexity index is 1090. The van der Waals surface area contributed by atoms with E-state index in [0.29, 0.717) is 36.8 Å². The highest BCUT2D eigenvalue weighted by Gasteiger charge is 2.14. The number of anilines is 1. The van der Waals surface area contributed by atoms with Gasteiger partial charge in [-0.15, -0.1) is 10.2 Å². The second kappa shape index (κ2) is 10.1. The topological polar surface area (TPSA) is 69.0 Å². The average Bonchev–Trinajstić information content (AvgIpc) is 3.03. The van der Waals surface area contributed by atoms with E-state index in [1.807, 2.05) is 26.1 Å². The minimum atomic E-state index is -0.266. The molecule has 0 aliphatic carbocycles. The number of benzene rings is 2. The summed E-state index contributed by atoms with van der Waals surface area (Å²) in [6, 6.07) is 8.38. The van der Waals surface area contributed by atoms with Crippen molar-refractivity contribution >= 4 is 69.8 Å². The molecule has 0 saturated heterocycles. The molecule has 0 aliphatic rings. The van der Waals surface area contributed by atoms with E-state index in [4.69, 9.17) is 51.1 Å². The Labute approximate surface area is 197 Å². The van der Waals surface area contributed by atoms with E-state index in [9.17, 15) is 4.79 Å². The van der Waals surface area contributed by atoms with Crippen molar-refractivity contribution in [3.63, 3.8) is 0 Å². The predicted molar refractivity (Wildman–Crippen MR) is 122 cm³/mol. The van der Waals surface area contributed by atoms with Crippen LogP contribution in [-0.2, 0) is 18.4 Å². The minimum Gasteiger partial charge on any atom is -0.485 e. The van der Waals surface area contributed by atoms with Crippen molar-refractivity contribution in [1.82, 2.24) is 14.8 Å². The number of thioether (sulfide) groups is 1. The fraction of sp³-hybridized carbons (Fsp3) is 0.211. The molecule has 0 atom stereocenters. The number of rotatable bonds is 7. The lowest BCUT2D eigenvalue weighted by molar-refractivity contribution is -0.113. The summed E-state index contributed by atoms with van der Waals surface area (Å²) in [6.45, 7) is 2.15. The monoisotopic (exact) mass is 504 g/mol. The van der Waals surface area contributed by atoms with Crippen LogP contribution in [0.25, 0.3) is 0 Å². The lowest BCUT2D eigenvalue weighted by Gasteiger charge is -2.10. The van der Waals surface area contributed by atoms with Crippen molar-refractivity contribution in [3.8, 4) is 5.75 Å². The molecule has 6 nitrogen and oxygen atoms in total. The van der Waals surface area contributed by atoms with Crippen molar-refractivity contribution in [2.75, 3.05) is 11.1 Å². The quantitative estimate of drug-likeness (QED) is 0.312. The zero-order valence-electron chi connectivity index (χ0n) is 15.9. The van der Waals surface area contributed by atoms with Crippen LogP contribution in [0.15, 0.2) is 35.5 Å². The summed E-state index contributed by atoms with van der Waals surface area (Å²) in [5.74, 6) is 1.19. The van der Waals surface area contributed by atoms with Crippen LogP contribution in [0.1, 0.15) is 11.4 Å². The van der Waals surface area contributed by atoms with Crippen molar-refractivity contribution in [1.29, 1.82) is 0 Å². The maximum absolute atomic E-state index is 12.3. The van der Waals surface area contributed by atoms with Crippen molar-refractivity contribution in [2.24, 2.45) is 7.05 Å². The van der Waals surface area contributed by atoms with E-state index in [0.717, 1.165) is 11.3 Å². The SMILES string of the molecule is Cc1cc(Cl)ccc1OCc1nnc(SCC(=O)Nc2cc(Cl)c(Cl)cc2Cl)n1C. The second-order valence-corrected chi connectivity index (χ2v) is 8.84. The fourth-order valence-corrected chi connectivity index (χ4v) is 4.00. The number of amides is 1. The molecule has 1 heterocycles. The highest BCUT2D eigenvalue weighted by atomic mass is 35.5. The summed E-state index contributed by atoms with van der Waals surface area (Å²) in [6.07, 6.45) is 0. The van der Waals surface area contributed by atoms with Gasteiger partial charge < -0.3 is 14.6 Å². The maximum Gasteiger partial charge on any atom is 0.234 e. The van der Waals surface area contributed by atoms with E-state index < -0.39 is 0 Å². The molecule has 1 amide bonds. The van der Waals surface area contributed by atoms with Gasteiger partial charge in [-0.1, -0.05) is 58.2 Å². The fourth-order valence-electron chi connectivity index (χ4n) is 2.45. The molecule has 3 rings (SSSR count). The summed E-state index contributed by atoms with van der Waals surface area (Å²) < 4.78 is 7.58. The smallest absolute Gasteiger partial charge is 0.234 e. The third-order valence-electron chi connectivity index (χ3n) is 4.04. The summed E-state index contributed by atoms with van der Waals surface area (Å²) in [5.41, 5.74) is 1.32. The Morgan fingerprint density at radius 2 is 1.83 bits per heavy atom. The van der Waals surface area contributed by atoms with Crippen LogP contribution in [0.4, 0.5) is 5.69 Å². The third kappa shape index (κ3) is 5.74. The van der Waals surface area contributed by atoms with Gasteiger partial charge >= 0.3 is 0 Å². The molecule has 3 aromatic rings. The Balaban J connectivity index is 1.57. The average molecular weight is 506 g/mol. The number of hydrogen-bond donors (Lipinski definition) is 1. The summed E-state index contributed by atoms with van der Waals surface area (Å²) in [4.78, 5) is 12.3. The molecule has 2 aromatic carbocycles. The predicted octanol–water partition coefficient (Wildman–Crippen LogP) is 6.05. The van der Waals surface area contributed by atoms with Gasteiger partial charge in [-0.25, -0.2) is 0 Å². The van der Waals surface area contributed by atoms with Crippen LogP contribution in [0, 0.1) is 6.92 Å². The Morgan fingerprint density at radius 1 is 1.10 bits per heavy atom. The molecule has 0 bridgehead atoms. The number of ether oxygens (including phenoxy) is 1. The molecular weight excluding hydrogens is 490 g/mol. The number of carbonyl (C=O) groups is 1. The Morgan fingerprint density at radius 3 is 2.57 bits per heavy atom. The first kappa shape index (κ1) is 23.0. The van der Waals surface area contributed by atoms with Gasteiger partial charge in [0, 0.05) is 12.1 Å². The number of carbonyl (C=O) groups excluding carboxylic acids is 1. The van der Waals surface area contributed by atoms with E-state index in [-0.39, 0.29) is 18.3 Å². The molecule has 11 heteroatoms. The summed E-state index contributed by atoms with van der Waals surface area (Å²) >= 11 is 25.1. The molecular formula is C19H16Cl4N4O2S. The molecule has 158 valence electrons. The number of nitrogens with one attached hydrogen (secondary N) is 1. The van der Waals surface area contributed by atoms with E-state index in [2.05, 4.69) is 15.5 Å². The van der Waals surface area contributed by atoms with E-state index >= 15 is 0 Å². The molecule has 1 aromatic heterocycles. The van der Waals surface area contributed by atoms with Gasteiger partial charge in [0.25, 0.3) is 0 Å². The van der Waals surface area contributed by atoms with Crippen LogP contribution < -0.4 is 10.1 Å². The van der Waals surface area contributed by atoms with Crippen molar-refractivity contribution in [2.45, 2.75) is 18.7 Å². The van der Waals surface area contributed by atoms with Gasteiger partial charge in [0.2, 0.25) is 5.91 Å².